The van der Waals surface area contributed by atoms with Crippen molar-refractivity contribution in [1.29, 1.82) is 0 Å². The van der Waals surface area contributed by atoms with E-state index in [2.05, 4.69) is 4.74 Å². The number of hydrogen-bond donors (Lipinski definition) is 1. The second kappa shape index (κ2) is 11.8. The van der Waals surface area contributed by atoms with Crippen LogP contribution in [0.15, 0.2) is 60.7 Å². The van der Waals surface area contributed by atoms with E-state index in [4.69, 9.17) is 21.1 Å². The fourth-order valence-electron chi connectivity index (χ4n) is 3.80. The minimum atomic E-state index is -0.992. The second-order valence-electron chi connectivity index (χ2n) is 9.65. The Hall–Kier alpha value is -3.09. The number of carbonyl (C=O) groups excluding carboxylic acids is 1. The minimum absolute atomic E-state index is 0.143. The minimum Gasteiger partial charge on any atom is -0.497 e. The molecule has 0 aliphatic carbocycles. The molecule has 0 amide bonds. The molecule has 7 heteroatoms. The molecule has 0 saturated heterocycles. The van der Waals surface area contributed by atoms with Crippen LogP contribution in [-0.4, -0.2) is 25.3 Å². The number of rotatable bonds is 9. The Kier molecular flexibility index (Phi) is 8.98. The highest BCUT2D eigenvalue weighted by Crippen LogP contribution is 2.44. The Morgan fingerprint density at radius 3 is 2.42 bits per heavy atom. The smallest absolute Gasteiger partial charge is 0.308 e. The Balaban J connectivity index is 1.90. The Morgan fingerprint density at radius 2 is 1.75 bits per heavy atom. The summed E-state index contributed by atoms with van der Waals surface area (Å²) in [6, 6.07) is 17.2. The number of methoxy groups -OCH3 is 2. The zero-order chi connectivity index (χ0) is 26.5. The molecule has 0 fully saturated rings. The third kappa shape index (κ3) is 6.77. The average molecular weight is 515 g/mol. The summed E-state index contributed by atoms with van der Waals surface area (Å²) in [5.74, 6) is 0.240. The molecule has 2 atom stereocenters. The van der Waals surface area contributed by atoms with Crippen molar-refractivity contribution < 1.29 is 28.5 Å². The number of benzene rings is 3. The van der Waals surface area contributed by atoms with Crippen LogP contribution < -0.4 is 9.47 Å². The van der Waals surface area contributed by atoms with Crippen molar-refractivity contribution in [3.05, 3.63) is 83.2 Å². The molecule has 3 aromatic rings. The van der Waals surface area contributed by atoms with Gasteiger partial charge in [0.05, 0.1) is 32.1 Å². The Morgan fingerprint density at radius 1 is 1.00 bits per heavy atom. The first kappa shape index (κ1) is 27.5. The fraction of sp³-hybridized carbons (Fsp3) is 0.345. The van der Waals surface area contributed by atoms with E-state index in [0.29, 0.717) is 28.2 Å². The van der Waals surface area contributed by atoms with Crippen LogP contribution in [-0.2, 0) is 16.1 Å². The van der Waals surface area contributed by atoms with Crippen molar-refractivity contribution in [2.24, 2.45) is 5.41 Å². The van der Waals surface area contributed by atoms with Gasteiger partial charge in [-0.2, -0.15) is 0 Å². The molecule has 1 unspecified atom stereocenters. The normalized spacial score (nSPS) is 13.1. The Labute approximate surface area is 216 Å². The van der Waals surface area contributed by atoms with Crippen molar-refractivity contribution in [2.75, 3.05) is 14.2 Å². The molecule has 192 valence electrons. The largest absolute Gasteiger partial charge is 0.497 e. The summed E-state index contributed by atoms with van der Waals surface area (Å²) in [6.45, 7) is 6.33. The first-order chi connectivity index (χ1) is 17.0. The van der Waals surface area contributed by atoms with Gasteiger partial charge in [-0.05, 0) is 58.0 Å². The number of hydrogen-bond acceptors (Lipinski definition) is 5. The van der Waals surface area contributed by atoms with Gasteiger partial charge in [0.25, 0.3) is 0 Å². The van der Waals surface area contributed by atoms with Crippen LogP contribution >= 0.6 is 11.6 Å². The average Bonchev–Trinajstić information content (AvgIpc) is 2.86. The maximum absolute atomic E-state index is 14.8. The van der Waals surface area contributed by atoms with Crippen LogP contribution in [0.25, 0.3) is 11.1 Å². The number of carbonyl (C=O) groups is 1. The maximum atomic E-state index is 14.8. The summed E-state index contributed by atoms with van der Waals surface area (Å²) in [5.41, 5.74) is 3.02. The van der Waals surface area contributed by atoms with Gasteiger partial charge in [0, 0.05) is 5.56 Å². The number of ether oxygens (including phenoxy) is 3. The standard InChI is InChI=1S/C29H32ClFO5/c1-29(2,3)28(30)24-13-18(9-11-22(24)23-15-20(34-4)10-12-25(23)31)17-36-21-8-6-7-19(14-21)26(32)16-27(33)35-5/h6-15,26,28,32H,16-17H2,1-5H3/t26-,28?/m1/s1. The van der Waals surface area contributed by atoms with Gasteiger partial charge in [0.15, 0.2) is 0 Å². The van der Waals surface area contributed by atoms with E-state index in [1.807, 2.05) is 39.0 Å². The van der Waals surface area contributed by atoms with Crippen molar-refractivity contribution >= 4 is 17.6 Å². The summed E-state index contributed by atoms with van der Waals surface area (Å²) in [4.78, 5) is 11.5. The quantitative estimate of drug-likeness (QED) is 0.246. The molecular formula is C29H32ClFO5. The first-order valence-electron chi connectivity index (χ1n) is 11.6. The van der Waals surface area contributed by atoms with Crippen LogP contribution in [0, 0.1) is 11.2 Å². The van der Waals surface area contributed by atoms with E-state index >= 15 is 0 Å². The summed E-state index contributed by atoms with van der Waals surface area (Å²) in [7, 11) is 2.82. The number of alkyl halides is 1. The van der Waals surface area contributed by atoms with Gasteiger partial charge in [0.1, 0.15) is 23.9 Å². The molecule has 0 aromatic heterocycles. The van der Waals surface area contributed by atoms with Crippen molar-refractivity contribution in [1.82, 2.24) is 0 Å². The van der Waals surface area contributed by atoms with E-state index in [1.165, 1.54) is 13.2 Å². The molecule has 36 heavy (non-hydrogen) atoms. The number of esters is 1. The van der Waals surface area contributed by atoms with E-state index in [9.17, 15) is 14.3 Å². The molecule has 0 bridgehead atoms. The zero-order valence-corrected chi connectivity index (χ0v) is 21.9. The number of halogens is 2. The van der Waals surface area contributed by atoms with E-state index < -0.39 is 17.5 Å². The van der Waals surface area contributed by atoms with Crippen LogP contribution in [0.5, 0.6) is 11.5 Å². The summed E-state index contributed by atoms with van der Waals surface area (Å²) in [6.07, 6.45) is -1.14. The molecule has 0 heterocycles. The lowest BCUT2D eigenvalue weighted by molar-refractivity contribution is -0.142. The molecule has 0 spiro atoms. The van der Waals surface area contributed by atoms with Crippen molar-refractivity contribution in [3.63, 3.8) is 0 Å². The van der Waals surface area contributed by atoms with Gasteiger partial charge in [-0.15, -0.1) is 11.6 Å². The van der Waals surface area contributed by atoms with Gasteiger partial charge in [-0.3, -0.25) is 4.79 Å². The highest BCUT2D eigenvalue weighted by Gasteiger charge is 2.27. The molecular weight excluding hydrogens is 483 g/mol. The molecule has 0 saturated carbocycles. The maximum Gasteiger partial charge on any atom is 0.308 e. The van der Waals surface area contributed by atoms with E-state index in [1.54, 1.807) is 43.5 Å². The lowest BCUT2D eigenvalue weighted by atomic mass is 9.83. The first-order valence-corrected chi connectivity index (χ1v) is 12.1. The lowest BCUT2D eigenvalue weighted by Crippen LogP contribution is -2.15. The SMILES string of the molecule is COC(=O)C[C@@H](O)c1cccc(OCc2ccc(-c3cc(OC)ccc3F)c(C(Cl)C(C)(C)C)c2)c1. The highest BCUT2D eigenvalue weighted by molar-refractivity contribution is 6.21. The molecule has 3 aromatic carbocycles. The van der Waals surface area contributed by atoms with Crippen LogP contribution in [0.2, 0.25) is 0 Å². The molecule has 0 radical (unpaired) electrons. The second-order valence-corrected chi connectivity index (χ2v) is 10.1. The third-order valence-corrected chi connectivity index (χ3v) is 6.74. The van der Waals surface area contributed by atoms with Gasteiger partial charge < -0.3 is 19.3 Å². The number of aliphatic hydroxyl groups excluding tert-OH is 1. The molecule has 5 nitrogen and oxygen atoms in total. The van der Waals surface area contributed by atoms with Crippen molar-refractivity contribution in [3.8, 4) is 22.6 Å². The van der Waals surface area contributed by atoms with Gasteiger partial charge in [-0.25, -0.2) is 4.39 Å². The van der Waals surface area contributed by atoms with Crippen LogP contribution in [0.1, 0.15) is 55.4 Å². The van der Waals surface area contributed by atoms with E-state index in [0.717, 1.165) is 11.1 Å². The summed E-state index contributed by atoms with van der Waals surface area (Å²) < 4.78 is 30.7. The fourth-order valence-corrected chi connectivity index (χ4v) is 3.98. The van der Waals surface area contributed by atoms with Gasteiger partial charge in [-0.1, -0.05) is 51.1 Å². The molecule has 3 rings (SSSR count). The van der Waals surface area contributed by atoms with Gasteiger partial charge >= 0.3 is 5.97 Å². The van der Waals surface area contributed by atoms with Gasteiger partial charge in [0.2, 0.25) is 0 Å². The zero-order valence-electron chi connectivity index (χ0n) is 21.2. The van der Waals surface area contributed by atoms with Crippen LogP contribution in [0.4, 0.5) is 4.39 Å². The highest BCUT2D eigenvalue weighted by atomic mass is 35.5. The molecule has 1 N–H and O–H groups in total. The van der Waals surface area contributed by atoms with Crippen molar-refractivity contribution in [2.45, 2.75) is 45.3 Å². The Bertz CT molecular complexity index is 1200. The third-order valence-electron chi connectivity index (χ3n) is 5.85. The summed E-state index contributed by atoms with van der Waals surface area (Å²) >= 11 is 6.90. The topological polar surface area (TPSA) is 65.0 Å². The summed E-state index contributed by atoms with van der Waals surface area (Å²) in [5, 5.41) is 9.90. The lowest BCUT2D eigenvalue weighted by Gasteiger charge is -2.28. The van der Waals surface area contributed by atoms with E-state index in [-0.39, 0.29) is 24.3 Å². The molecule has 0 aliphatic rings. The predicted octanol–water partition coefficient (Wildman–Crippen LogP) is 7.00. The monoisotopic (exact) mass is 514 g/mol. The van der Waals surface area contributed by atoms with Crippen LogP contribution in [0.3, 0.4) is 0 Å². The predicted molar refractivity (Wildman–Crippen MR) is 139 cm³/mol. The molecule has 0 aliphatic heterocycles. The number of aliphatic hydroxyl groups is 1.